The van der Waals surface area contributed by atoms with E-state index >= 15 is 0 Å². The number of carbonyl (C=O) groups excluding carboxylic acids is 1. The molecule has 4 heteroatoms. The van der Waals surface area contributed by atoms with Crippen LogP contribution in [0.2, 0.25) is 0 Å². The molecule has 0 atom stereocenters. The lowest BCUT2D eigenvalue weighted by Crippen LogP contribution is -2.26. The number of nitrogens with zero attached hydrogens (tertiary/aromatic N) is 2. The molecule has 4 nitrogen and oxygen atoms in total. The van der Waals surface area contributed by atoms with Crippen LogP contribution in [0, 0.1) is 0 Å². The fraction of sp³-hybridized carbons (Fsp3) is 0.200. The van der Waals surface area contributed by atoms with E-state index in [1.807, 2.05) is 36.4 Å². The first kappa shape index (κ1) is 13.1. The van der Waals surface area contributed by atoms with Gasteiger partial charge < -0.3 is 10.6 Å². The van der Waals surface area contributed by atoms with Gasteiger partial charge in [-0.15, -0.1) is 0 Å². The van der Waals surface area contributed by atoms with E-state index in [2.05, 4.69) is 4.98 Å². The molecule has 98 valence electrons. The summed E-state index contributed by atoms with van der Waals surface area (Å²) in [6, 6.07) is 11.3. The Morgan fingerprint density at radius 3 is 2.68 bits per heavy atom. The largest absolute Gasteiger partial charge is 0.399 e. The van der Waals surface area contributed by atoms with Crippen molar-refractivity contribution in [3.63, 3.8) is 0 Å². The Morgan fingerprint density at radius 1 is 1.26 bits per heavy atom. The van der Waals surface area contributed by atoms with Gasteiger partial charge in [0.05, 0.1) is 0 Å². The van der Waals surface area contributed by atoms with Crippen molar-refractivity contribution < 1.29 is 4.79 Å². The van der Waals surface area contributed by atoms with Crippen LogP contribution in [-0.2, 0) is 11.2 Å². The molecule has 0 bridgehead atoms. The zero-order chi connectivity index (χ0) is 13.7. The van der Waals surface area contributed by atoms with Gasteiger partial charge in [0.2, 0.25) is 5.91 Å². The van der Waals surface area contributed by atoms with E-state index in [1.54, 1.807) is 24.3 Å². The van der Waals surface area contributed by atoms with E-state index in [0.717, 1.165) is 16.9 Å². The van der Waals surface area contributed by atoms with Crippen molar-refractivity contribution in [3.8, 4) is 0 Å². The van der Waals surface area contributed by atoms with Crippen molar-refractivity contribution in [2.45, 2.75) is 12.8 Å². The highest BCUT2D eigenvalue weighted by Crippen LogP contribution is 2.13. The Bertz CT molecular complexity index is 554. The molecule has 0 saturated carbocycles. The van der Waals surface area contributed by atoms with Crippen LogP contribution in [0.1, 0.15) is 12.0 Å². The number of aryl methyl sites for hydroxylation is 1. The lowest BCUT2D eigenvalue weighted by molar-refractivity contribution is -0.118. The summed E-state index contributed by atoms with van der Waals surface area (Å²) in [7, 11) is 1.77. The van der Waals surface area contributed by atoms with E-state index in [-0.39, 0.29) is 5.91 Å². The first-order valence-electron chi connectivity index (χ1n) is 6.18. The van der Waals surface area contributed by atoms with Gasteiger partial charge in [-0.3, -0.25) is 9.78 Å². The van der Waals surface area contributed by atoms with E-state index in [0.29, 0.717) is 12.8 Å². The van der Waals surface area contributed by atoms with Crippen molar-refractivity contribution >= 4 is 17.3 Å². The summed E-state index contributed by atoms with van der Waals surface area (Å²) < 4.78 is 0. The van der Waals surface area contributed by atoms with E-state index in [1.165, 1.54) is 0 Å². The van der Waals surface area contributed by atoms with Crippen LogP contribution in [0.25, 0.3) is 0 Å². The van der Waals surface area contributed by atoms with Crippen LogP contribution in [0.5, 0.6) is 0 Å². The molecule has 19 heavy (non-hydrogen) atoms. The minimum absolute atomic E-state index is 0.0774. The van der Waals surface area contributed by atoms with Gasteiger partial charge in [0.1, 0.15) is 0 Å². The molecule has 0 aliphatic heterocycles. The maximum Gasteiger partial charge on any atom is 0.227 e. The van der Waals surface area contributed by atoms with Gasteiger partial charge in [0.25, 0.3) is 0 Å². The molecule has 1 heterocycles. The predicted molar refractivity (Wildman–Crippen MR) is 76.8 cm³/mol. The Kier molecular flexibility index (Phi) is 4.13. The average Bonchev–Trinajstić information content (AvgIpc) is 2.45. The number of benzene rings is 1. The molecule has 0 aliphatic carbocycles. The monoisotopic (exact) mass is 255 g/mol. The summed E-state index contributed by atoms with van der Waals surface area (Å²) in [6.45, 7) is 0. The number of anilines is 2. The number of nitrogens with two attached hydrogens (primary N) is 1. The van der Waals surface area contributed by atoms with Gasteiger partial charge in [-0.05, 0) is 36.2 Å². The molecule has 0 spiro atoms. The summed E-state index contributed by atoms with van der Waals surface area (Å²) in [5.74, 6) is 0.0774. The number of aromatic nitrogens is 1. The minimum atomic E-state index is 0.0774. The molecule has 0 saturated heterocycles. The third kappa shape index (κ3) is 3.55. The fourth-order valence-corrected chi connectivity index (χ4v) is 1.88. The van der Waals surface area contributed by atoms with Crippen LogP contribution >= 0.6 is 0 Å². The number of amides is 1. The van der Waals surface area contributed by atoms with Crippen molar-refractivity contribution in [3.05, 3.63) is 54.4 Å². The SMILES string of the molecule is CN(C(=O)CCc1cccc(N)c1)c1ccncc1. The normalized spacial score (nSPS) is 10.2. The second kappa shape index (κ2) is 6.00. The highest BCUT2D eigenvalue weighted by Gasteiger charge is 2.10. The zero-order valence-corrected chi connectivity index (χ0v) is 10.9. The van der Waals surface area contributed by atoms with Crippen molar-refractivity contribution in [2.24, 2.45) is 0 Å². The molecule has 0 unspecified atom stereocenters. The molecule has 0 aliphatic rings. The lowest BCUT2D eigenvalue weighted by atomic mass is 10.1. The highest BCUT2D eigenvalue weighted by atomic mass is 16.2. The highest BCUT2D eigenvalue weighted by molar-refractivity contribution is 5.92. The molecule has 2 rings (SSSR count). The van der Waals surface area contributed by atoms with Crippen LogP contribution in [0.15, 0.2) is 48.8 Å². The van der Waals surface area contributed by atoms with Gasteiger partial charge in [-0.1, -0.05) is 12.1 Å². The molecule has 1 aromatic carbocycles. The smallest absolute Gasteiger partial charge is 0.227 e. The summed E-state index contributed by atoms with van der Waals surface area (Å²) in [4.78, 5) is 17.7. The quantitative estimate of drug-likeness (QED) is 0.852. The first-order valence-corrected chi connectivity index (χ1v) is 6.18. The molecule has 1 amide bonds. The summed E-state index contributed by atoms with van der Waals surface area (Å²) in [6.07, 6.45) is 4.51. The van der Waals surface area contributed by atoms with Gasteiger partial charge in [0, 0.05) is 37.2 Å². The molecule has 1 aromatic heterocycles. The van der Waals surface area contributed by atoms with Crippen molar-refractivity contribution in [2.75, 3.05) is 17.7 Å². The van der Waals surface area contributed by atoms with Crippen LogP contribution in [0.3, 0.4) is 0 Å². The third-order valence-electron chi connectivity index (χ3n) is 3.00. The number of nitrogen functional groups attached to an aromatic ring is 1. The molecule has 2 N–H and O–H groups in total. The van der Waals surface area contributed by atoms with Gasteiger partial charge in [-0.25, -0.2) is 0 Å². The second-order valence-electron chi connectivity index (χ2n) is 4.40. The topological polar surface area (TPSA) is 59.2 Å². The zero-order valence-electron chi connectivity index (χ0n) is 10.9. The van der Waals surface area contributed by atoms with Gasteiger partial charge >= 0.3 is 0 Å². The van der Waals surface area contributed by atoms with E-state index < -0.39 is 0 Å². The first-order chi connectivity index (χ1) is 9.16. The van der Waals surface area contributed by atoms with E-state index in [4.69, 9.17) is 5.73 Å². The van der Waals surface area contributed by atoms with Crippen LogP contribution in [-0.4, -0.2) is 17.9 Å². The van der Waals surface area contributed by atoms with Crippen LogP contribution in [0.4, 0.5) is 11.4 Å². The van der Waals surface area contributed by atoms with E-state index in [9.17, 15) is 4.79 Å². The van der Waals surface area contributed by atoms with Gasteiger partial charge in [0.15, 0.2) is 0 Å². The average molecular weight is 255 g/mol. The maximum atomic E-state index is 12.1. The molecular formula is C15H17N3O. The number of pyridine rings is 1. The van der Waals surface area contributed by atoms with Crippen LogP contribution < -0.4 is 10.6 Å². The second-order valence-corrected chi connectivity index (χ2v) is 4.40. The molecular weight excluding hydrogens is 238 g/mol. The summed E-state index contributed by atoms with van der Waals surface area (Å²) in [5.41, 5.74) is 8.38. The Labute approximate surface area is 112 Å². The summed E-state index contributed by atoms with van der Waals surface area (Å²) >= 11 is 0. The Morgan fingerprint density at radius 2 is 2.00 bits per heavy atom. The Balaban J connectivity index is 1.95. The molecule has 0 radical (unpaired) electrons. The number of rotatable bonds is 4. The van der Waals surface area contributed by atoms with Gasteiger partial charge in [-0.2, -0.15) is 0 Å². The minimum Gasteiger partial charge on any atom is -0.399 e. The lowest BCUT2D eigenvalue weighted by Gasteiger charge is -2.17. The standard InChI is InChI=1S/C15H17N3O/c1-18(14-7-9-17-10-8-14)15(19)6-5-12-3-2-4-13(16)11-12/h2-4,7-11H,5-6,16H2,1H3. The fourth-order valence-electron chi connectivity index (χ4n) is 1.88. The number of carbonyl (C=O) groups is 1. The number of hydrogen-bond donors (Lipinski definition) is 1. The number of hydrogen-bond acceptors (Lipinski definition) is 3. The third-order valence-corrected chi connectivity index (χ3v) is 3.00. The maximum absolute atomic E-state index is 12.1. The predicted octanol–water partition coefficient (Wildman–Crippen LogP) is 2.26. The molecule has 0 fully saturated rings. The van der Waals surface area contributed by atoms with Crippen molar-refractivity contribution in [1.29, 1.82) is 0 Å². The molecule has 2 aromatic rings. The Hall–Kier alpha value is -2.36. The summed E-state index contributed by atoms with van der Waals surface area (Å²) in [5, 5.41) is 0. The van der Waals surface area contributed by atoms with Crippen molar-refractivity contribution in [1.82, 2.24) is 4.98 Å².